The monoisotopic (exact) mass is 297 g/mol. The fourth-order valence-corrected chi connectivity index (χ4v) is 3.33. The number of hydrogen-bond acceptors (Lipinski definition) is 6. The van der Waals surface area contributed by atoms with Crippen LogP contribution in [-0.2, 0) is 0 Å². The van der Waals surface area contributed by atoms with Gasteiger partial charge >= 0.3 is 0 Å². The van der Waals surface area contributed by atoms with E-state index in [4.69, 9.17) is 5.73 Å². The Bertz CT molecular complexity index is 487. The number of rotatable bonds is 2. The third kappa shape index (κ3) is 3.04. The van der Waals surface area contributed by atoms with Crippen molar-refractivity contribution in [3.8, 4) is 0 Å². The summed E-state index contributed by atoms with van der Waals surface area (Å²) in [6.07, 6.45) is 0.992. The lowest BCUT2D eigenvalue weighted by Gasteiger charge is -2.27. The van der Waals surface area contributed by atoms with E-state index in [0.29, 0.717) is 10.7 Å². The average molecular weight is 297 g/mol. The summed E-state index contributed by atoms with van der Waals surface area (Å²) in [6, 6.07) is 0.194. The summed E-state index contributed by atoms with van der Waals surface area (Å²) in [4.78, 5) is 23.6. The molecule has 1 aliphatic heterocycles. The van der Waals surface area contributed by atoms with Crippen molar-refractivity contribution in [3.05, 3.63) is 4.88 Å². The summed E-state index contributed by atoms with van der Waals surface area (Å²) in [6.45, 7) is 4.78. The molecule has 2 rings (SSSR count). The molecule has 6 nitrogen and oxygen atoms in total. The summed E-state index contributed by atoms with van der Waals surface area (Å²) in [7, 11) is 5.89. The Balaban J connectivity index is 2.21. The van der Waals surface area contributed by atoms with Crippen LogP contribution >= 0.6 is 11.3 Å². The molecule has 2 heterocycles. The van der Waals surface area contributed by atoms with Crippen LogP contribution in [0.2, 0.25) is 0 Å². The third-order valence-electron chi connectivity index (χ3n) is 3.53. The lowest BCUT2D eigenvalue weighted by atomic mass is 10.2. The zero-order valence-electron chi connectivity index (χ0n) is 12.6. The van der Waals surface area contributed by atoms with Gasteiger partial charge in [-0.2, -0.15) is 0 Å². The van der Waals surface area contributed by atoms with Gasteiger partial charge in [0, 0.05) is 33.2 Å². The van der Waals surface area contributed by atoms with E-state index in [0.717, 1.165) is 31.2 Å². The first-order valence-corrected chi connectivity index (χ1v) is 7.65. The Morgan fingerprint density at radius 2 is 2.15 bits per heavy atom. The minimum atomic E-state index is 0.0101. The Hall–Kier alpha value is -1.34. The van der Waals surface area contributed by atoms with Gasteiger partial charge in [0.1, 0.15) is 10.7 Å². The molecule has 1 fully saturated rings. The number of nitrogen functional groups attached to an aromatic ring is 1. The normalized spacial score (nSPS) is 20.8. The fourth-order valence-electron chi connectivity index (χ4n) is 2.47. The molecule has 0 radical (unpaired) electrons. The van der Waals surface area contributed by atoms with Crippen molar-refractivity contribution in [2.24, 2.45) is 0 Å². The number of likely N-dealkylation sites (N-methyl/N-ethyl adjacent to an activating group) is 1. The molecule has 0 aliphatic carbocycles. The van der Waals surface area contributed by atoms with Crippen molar-refractivity contribution in [2.75, 3.05) is 51.4 Å². The van der Waals surface area contributed by atoms with Crippen LogP contribution < -0.4 is 10.6 Å². The van der Waals surface area contributed by atoms with Crippen LogP contribution in [0.4, 0.5) is 10.9 Å². The average Bonchev–Trinajstić information content (AvgIpc) is 2.67. The summed E-state index contributed by atoms with van der Waals surface area (Å²) >= 11 is 1.36. The van der Waals surface area contributed by atoms with E-state index >= 15 is 0 Å². The van der Waals surface area contributed by atoms with Crippen LogP contribution in [0.3, 0.4) is 0 Å². The van der Waals surface area contributed by atoms with E-state index in [1.54, 1.807) is 0 Å². The van der Waals surface area contributed by atoms with Crippen molar-refractivity contribution >= 4 is 28.2 Å². The SMILES string of the molecule is CC1CN(C)CCCN1C(=O)c1sc(N(C)C)nc1N. The molecule has 1 aromatic heterocycles. The van der Waals surface area contributed by atoms with Crippen molar-refractivity contribution in [1.29, 1.82) is 0 Å². The number of carbonyl (C=O) groups is 1. The van der Waals surface area contributed by atoms with Crippen LogP contribution in [-0.4, -0.2) is 67.5 Å². The maximum absolute atomic E-state index is 12.7. The van der Waals surface area contributed by atoms with Gasteiger partial charge in [0.25, 0.3) is 5.91 Å². The summed E-state index contributed by atoms with van der Waals surface area (Å²) in [5.41, 5.74) is 5.91. The second-order valence-corrected chi connectivity index (χ2v) is 6.55. The highest BCUT2D eigenvalue weighted by atomic mass is 32.1. The number of thiazole rings is 1. The van der Waals surface area contributed by atoms with Gasteiger partial charge in [-0.15, -0.1) is 0 Å². The first-order valence-electron chi connectivity index (χ1n) is 6.83. The van der Waals surface area contributed by atoms with E-state index in [1.165, 1.54) is 11.3 Å². The van der Waals surface area contributed by atoms with E-state index < -0.39 is 0 Å². The Morgan fingerprint density at radius 1 is 1.45 bits per heavy atom. The molecule has 1 unspecified atom stereocenters. The molecule has 20 heavy (non-hydrogen) atoms. The van der Waals surface area contributed by atoms with Crippen LogP contribution in [0, 0.1) is 0 Å². The van der Waals surface area contributed by atoms with Crippen molar-refractivity contribution < 1.29 is 4.79 Å². The highest BCUT2D eigenvalue weighted by molar-refractivity contribution is 7.18. The van der Waals surface area contributed by atoms with Gasteiger partial charge in [0.2, 0.25) is 0 Å². The molecule has 0 saturated carbocycles. The zero-order valence-corrected chi connectivity index (χ0v) is 13.4. The molecule has 1 aliphatic rings. The molecule has 2 N–H and O–H groups in total. The Labute approximate surface area is 124 Å². The molecular formula is C13H23N5OS. The highest BCUT2D eigenvalue weighted by Crippen LogP contribution is 2.28. The van der Waals surface area contributed by atoms with E-state index in [-0.39, 0.29) is 11.9 Å². The van der Waals surface area contributed by atoms with Crippen LogP contribution in [0.15, 0.2) is 0 Å². The molecular weight excluding hydrogens is 274 g/mol. The summed E-state index contributed by atoms with van der Waals surface area (Å²) < 4.78 is 0. The van der Waals surface area contributed by atoms with Crippen LogP contribution in [0.25, 0.3) is 0 Å². The Kier molecular flexibility index (Phi) is 4.49. The predicted octanol–water partition coefficient (Wildman–Crippen LogP) is 0.958. The molecule has 0 bridgehead atoms. The number of nitrogens with zero attached hydrogens (tertiary/aromatic N) is 4. The van der Waals surface area contributed by atoms with Gasteiger partial charge in [-0.05, 0) is 26.9 Å². The number of anilines is 2. The molecule has 1 saturated heterocycles. The van der Waals surface area contributed by atoms with Crippen molar-refractivity contribution in [1.82, 2.24) is 14.8 Å². The fraction of sp³-hybridized carbons (Fsp3) is 0.692. The number of amides is 1. The van der Waals surface area contributed by atoms with Gasteiger partial charge < -0.3 is 20.4 Å². The predicted molar refractivity (Wildman–Crippen MR) is 83.5 cm³/mol. The zero-order chi connectivity index (χ0) is 14.9. The molecule has 1 atom stereocenters. The quantitative estimate of drug-likeness (QED) is 0.881. The van der Waals surface area contributed by atoms with Gasteiger partial charge in [-0.3, -0.25) is 4.79 Å². The number of nitrogens with two attached hydrogens (primary N) is 1. The van der Waals surface area contributed by atoms with Crippen LogP contribution in [0.5, 0.6) is 0 Å². The number of carbonyl (C=O) groups excluding carboxylic acids is 1. The second kappa shape index (κ2) is 5.97. The first kappa shape index (κ1) is 15.1. The maximum Gasteiger partial charge on any atom is 0.268 e. The van der Waals surface area contributed by atoms with Crippen LogP contribution in [0.1, 0.15) is 23.0 Å². The maximum atomic E-state index is 12.7. The summed E-state index contributed by atoms with van der Waals surface area (Å²) in [5.74, 6) is 0.351. The smallest absolute Gasteiger partial charge is 0.268 e. The molecule has 7 heteroatoms. The largest absolute Gasteiger partial charge is 0.382 e. The molecule has 1 aromatic rings. The lowest BCUT2D eigenvalue weighted by Crippen LogP contribution is -2.41. The van der Waals surface area contributed by atoms with Gasteiger partial charge in [0.15, 0.2) is 5.13 Å². The number of aromatic nitrogens is 1. The second-order valence-electron chi connectivity index (χ2n) is 5.57. The molecule has 0 aromatic carbocycles. The molecule has 112 valence electrons. The molecule has 0 spiro atoms. The summed E-state index contributed by atoms with van der Waals surface area (Å²) in [5, 5.41) is 0.769. The highest BCUT2D eigenvalue weighted by Gasteiger charge is 2.28. The van der Waals surface area contributed by atoms with E-state index in [9.17, 15) is 4.79 Å². The number of hydrogen-bond donors (Lipinski definition) is 1. The van der Waals surface area contributed by atoms with Crippen molar-refractivity contribution in [2.45, 2.75) is 19.4 Å². The van der Waals surface area contributed by atoms with E-state index in [1.807, 2.05) is 23.9 Å². The first-order chi connectivity index (χ1) is 9.40. The molecule has 1 amide bonds. The van der Waals surface area contributed by atoms with Gasteiger partial charge in [-0.1, -0.05) is 11.3 Å². The van der Waals surface area contributed by atoms with Gasteiger partial charge in [0.05, 0.1) is 0 Å². The Morgan fingerprint density at radius 3 is 2.75 bits per heavy atom. The standard InChI is InChI=1S/C13H23N5OS/c1-9-8-17(4)6-5-7-18(9)12(19)10-11(14)15-13(20-10)16(2)3/h9H,5-8,14H2,1-4H3. The van der Waals surface area contributed by atoms with Gasteiger partial charge in [-0.25, -0.2) is 4.98 Å². The minimum absolute atomic E-state index is 0.0101. The van der Waals surface area contributed by atoms with E-state index in [2.05, 4.69) is 23.9 Å². The van der Waals surface area contributed by atoms with Crippen molar-refractivity contribution in [3.63, 3.8) is 0 Å². The topological polar surface area (TPSA) is 65.7 Å². The minimum Gasteiger partial charge on any atom is -0.382 e. The third-order valence-corrected chi connectivity index (χ3v) is 4.75. The lowest BCUT2D eigenvalue weighted by molar-refractivity contribution is 0.0702.